The number of rotatable bonds is 5. The third-order valence-corrected chi connectivity index (χ3v) is 3.42. The van der Waals surface area contributed by atoms with Gasteiger partial charge in [0.1, 0.15) is 12.1 Å². The van der Waals surface area contributed by atoms with Crippen molar-refractivity contribution < 1.29 is 9.59 Å². The Hall–Kier alpha value is -1.06. The van der Waals surface area contributed by atoms with Gasteiger partial charge in [-0.3, -0.25) is 9.59 Å². The molecule has 4 heteroatoms. The Morgan fingerprint density at radius 2 is 1.94 bits per heavy atom. The molecule has 1 aliphatic heterocycles. The zero-order chi connectivity index (χ0) is 13.0. The van der Waals surface area contributed by atoms with Crippen LogP contribution in [0.1, 0.15) is 53.4 Å². The van der Waals surface area contributed by atoms with Crippen LogP contribution in [0.5, 0.6) is 0 Å². The van der Waals surface area contributed by atoms with Crippen molar-refractivity contribution in [2.45, 2.75) is 71.5 Å². The van der Waals surface area contributed by atoms with E-state index in [0.717, 1.165) is 25.7 Å². The maximum atomic E-state index is 12.3. The fourth-order valence-corrected chi connectivity index (χ4v) is 2.49. The molecular weight excluding hydrogens is 216 g/mol. The van der Waals surface area contributed by atoms with Crippen LogP contribution < -0.4 is 5.32 Å². The molecule has 0 spiro atoms. The highest BCUT2D eigenvalue weighted by molar-refractivity contribution is 5.96. The van der Waals surface area contributed by atoms with Crippen LogP contribution in [-0.4, -0.2) is 34.8 Å². The zero-order valence-electron chi connectivity index (χ0n) is 11.3. The van der Waals surface area contributed by atoms with Crippen molar-refractivity contribution in [1.82, 2.24) is 10.2 Å². The fraction of sp³-hybridized carbons (Fsp3) is 0.846. The molecule has 98 valence electrons. The van der Waals surface area contributed by atoms with Crippen LogP contribution in [0.25, 0.3) is 0 Å². The van der Waals surface area contributed by atoms with Gasteiger partial charge in [0.2, 0.25) is 11.8 Å². The molecule has 1 heterocycles. The Morgan fingerprint density at radius 3 is 2.47 bits per heavy atom. The first-order valence-corrected chi connectivity index (χ1v) is 6.65. The average Bonchev–Trinajstić information content (AvgIpc) is 2.27. The molecule has 0 saturated carbocycles. The first kappa shape index (κ1) is 14.0. The third-order valence-electron chi connectivity index (χ3n) is 3.42. The molecule has 4 nitrogen and oxygen atoms in total. The molecule has 2 amide bonds. The lowest BCUT2D eigenvalue weighted by Gasteiger charge is -2.41. The van der Waals surface area contributed by atoms with Crippen LogP contribution in [0.3, 0.4) is 0 Å². The topological polar surface area (TPSA) is 49.4 Å². The molecule has 17 heavy (non-hydrogen) atoms. The molecule has 3 atom stereocenters. The molecule has 0 aromatic rings. The van der Waals surface area contributed by atoms with E-state index in [1.165, 1.54) is 0 Å². The van der Waals surface area contributed by atoms with E-state index in [0.29, 0.717) is 0 Å². The highest BCUT2D eigenvalue weighted by Crippen LogP contribution is 2.18. The molecule has 1 saturated heterocycles. The molecule has 1 N–H and O–H groups in total. The predicted molar refractivity (Wildman–Crippen MR) is 67.5 cm³/mol. The van der Waals surface area contributed by atoms with Crippen LogP contribution >= 0.6 is 0 Å². The van der Waals surface area contributed by atoms with Gasteiger partial charge in [0.25, 0.3) is 0 Å². The lowest BCUT2D eigenvalue weighted by Crippen LogP contribution is -2.64. The Morgan fingerprint density at radius 1 is 1.29 bits per heavy atom. The van der Waals surface area contributed by atoms with E-state index >= 15 is 0 Å². The quantitative estimate of drug-likeness (QED) is 0.795. The first-order valence-electron chi connectivity index (χ1n) is 6.65. The third kappa shape index (κ3) is 2.99. The van der Waals surface area contributed by atoms with E-state index in [1.54, 1.807) is 4.90 Å². The van der Waals surface area contributed by atoms with Crippen molar-refractivity contribution in [2.24, 2.45) is 0 Å². The van der Waals surface area contributed by atoms with E-state index < -0.39 is 0 Å². The van der Waals surface area contributed by atoms with E-state index in [-0.39, 0.29) is 29.9 Å². The molecule has 1 fully saturated rings. The van der Waals surface area contributed by atoms with Gasteiger partial charge < -0.3 is 10.2 Å². The van der Waals surface area contributed by atoms with Crippen LogP contribution in [0.2, 0.25) is 0 Å². The Labute approximate surface area is 104 Å². The molecule has 0 aromatic carbocycles. The van der Waals surface area contributed by atoms with Crippen LogP contribution in [0, 0.1) is 0 Å². The second-order valence-corrected chi connectivity index (χ2v) is 4.91. The summed E-state index contributed by atoms with van der Waals surface area (Å²) >= 11 is 0. The summed E-state index contributed by atoms with van der Waals surface area (Å²) in [6.07, 6.45) is 3.60. The molecule has 1 aliphatic rings. The normalized spacial score (nSPS) is 26.9. The Balaban J connectivity index is 2.83. The van der Waals surface area contributed by atoms with E-state index in [1.807, 2.05) is 20.8 Å². The molecule has 3 unspecified atom stereocenters. The van der Waals surface area contributed by atoms with Crippen molar-refractivity contribution in [2.75, 3.05) is 0 Å². The zero-order valence-corrected chi connectivity index (χ0v) is 11.3. The van der Waals surface area contributed by atoms with Crippen molar-refractivity contribution in [3.8, 4) is 0 Å². The minimum Gasteiger partial charge on any atom is -0.343 e. The average molecular weight is 240 g/mol. The molecule has 0 aliphatic carbocycles. The minimum atomic E-state index is -0.336. The number of nitrogens with one attached hydrogen (secondary N) is 1. The molecule has 1 rings (SSSR count). The summed E-state index contributed by atoms with van der Waals surface area (Å²) in [5.74, 6) is 0.0610. The fourth-order valence-electron chi connectivity index (χ4n) is 2.49. The summed E-state index contributed by atoms with van der Waals surface area (Å²) in [6.45, 7) is 7.96. The van der Waals surface area contributed by atoms with Crippen LogP contribution in [0.15, 0.2) is 0 Å². The number of amides is 2. The smallest absolute Gasteiger partial charge is 0.246 e. The second-order valence-electron chi connectivity index (χ2n) is 4.91. The highest BCUT2D eigenvalue weighted by Gasteiger charge is 2.39. The van der Waals surface area contributed by atoms with Gasteiger partial charge in [0, 0.05) is 6.04 Å². The standard InChI is InChI=1S/C13H24N2O2/c1-5-7-9(3)15-10(4)12(16)14-11(8-6-2)13(15)17/h9-11H,5-8H2,1-4H3,(H,14,16). The van der Waals surface area contributed by atoms with Crippen LogP contribution in [-0.2, 0) is 9.59 Å². The number of nitrogens with zero attached hydrogens (tertiary/aromatic N) is 1. The van der Waals surface area contributed by atoms with Gasteiger partial charge >= 0.3 is 0 Å². The molecular formula is C13H24N2O2. The van der Waals surface area contributed by atoms with Gasteiger partial charge in [0.15, 0.2) is 0 Å². The van der Waals surface area contributed by atoms with Crippen molar-refractivity contribution in [3.05, 3.63) is 0 Å². The lowest BCUT2D eigenvalue weighted by molar-refractivity contribution is -0.151. The summed E-state index contributed by atoms with van der Waals surface area (Å²) in [6, 6.07) is -0.506. The van der Waals surface area contributed by atoms with Crippen molar-refractivity contribution in [1.29, 1.82) is 0 Å². The number of carbonyl (C=O) groups excluding carboxylic acids is 2. The summed E-state index contributed by atoms with van der Waals surface area (Å²) in [5.41, 5.74) is 0. The monoisotopic (exact) mass is 240 g/mol. The SMILES string of the molecule is CCCC1NC(=O)C(C)N(C(C)CCC)C1=O. The van der Waals surface area contributed by atoms with Gasteiger partial charge in [-0.25, -0.2) is 0 Å². The summed E-state index contributed by atoms with van der Waals surface area (Å²) in [5, 5.41) is 2.81. The Kier molecular flexibility index (Phi) is 4.97. The van der Waals surface area contributed by atoms with Gasteiger partial charge in [-0.2, -0.15) is 0 Å². The van der Waals surface area contributed by atoms with E-state index in [2.05, 4.69) is 12.2 Å². The summed E-state index contributed by atoms with van der Waals surface area (Å²) in [4.78, 5) is 25.9. The van der Waals surface area contributed by atoms with Gasteiger partial charge in [-0.05, 0) is 26.7 Å². The van der Waals surface area contributed by atoms with Crippen molar-refractivity contribution in [3.63, 3.8) is 0 Å². The summed E-state index contributed by atoms with van der Waals surface area (Å²) in [7, 11) is 0. The number of hydrogen-bond acceptors (Lipinski definition) is 2. The predicted octanol–water partition coefficient (Wildman–Crippen LogP) is 1.69. The molecule has 0 bridgehead atoms. The lowest BCUT2D eigenvalue weighted by atomic mass is 10.0. The highest BCUT2D eigenvalue weighted by atomic mass is 16.2. The Bertz CT molecular complexity index is 291. The van der Waals surface area contributed by atoms with Crippen LogP contribution in [0.4, 0.5) is 0 Å². The van der Waals surface area contributed by atoms with Gasteiger partial charge in [-0.1, -0.05) is 26.7 Å². The molecule has 0 radical (unpaired) electrons. The van der Waals surface area contributed by atoms with Crippen molar-refractivity contribution >= 4 is 11.8 Å². The maximum Gasteiger partial charge on any atom is 0.246 e. The minimum absolute atomic E-state index is 0.0222. The largest absolute Gasteiger partial charge is 0.343 e. The van der Waals surface area contributed by atoms with Gasteiger partial charge in [-0.15, -0.1) is 0 Å². The number of carbonyl (C=O) groups is 2. The molecule has 0 aromatic heterocycles. The maximum absolute atomic E-state index is 12.3. The first-order chi connectivity index (χ1) is 8.02. The second kappa shape index (κ2) is 6.03. The van der Waals surface area contributed by atoms with Gasteiger partial charge in [0.05, 0.1) is 0 Å². The van der Waals surface area contributed by atoms with E-state index in [9.17, 15) is 9.59 Å². The summed E-state index contributed by atoms with van der Waals surface area (Å²) < 4.78 is 0. The number of piperazine rings is 1. The number of hydrogen-bond donors (Lipinski definition) is 1. The van der Waals surface area contributed by atoms with E-state index in [4.69, 9.17) is 0 Å².